The van der Waals surface area contributed by atoms with Crippen molar-refractivity contribution < 1.29 is 9.53 Å². The molecule has 1 aliphatic carbocycles. The number of nitrogens with one attached hydrogen (secondary N) is 1. The molecule has 7 rings (SSSR count). The van der Waals surface area contributed by atoms with Gasteiger partial charge in [0.25, 0.3) is 0 Å². The lowest BCUT2D eigenvalue weighted by molar-refractivity contribution is -0.129. The molecule has 212 valence electrons. The zero-order valence-electron chi connectivity index (χ0n) is 23.6. The second-order valence-corrected chi connectivity index (χ2v) is 10.9. The molecule has 2 fully saturated rings. The number of aryl methyl sites for hydroxylation is 2. The maximum Gasteiger partial charge on any atom is 0.246 e. The van der Waals surface area contributed by atoms with Gasteiger partial charge in [0.05, 0.1) is 17.1 Å². The largest absolute Gasteiger partial charge is 0.457 e. The Balaban J connectivity index is 1.11. The van der Waals surface area contributed by atoms with Crippen LogP contribution in [0.3, 0.4) is 0 Å². The number of amides is 1. The Kier molecular flexibility index (Phi) is 6.41. The molecular weight excluding hydrogens is 530 g/mol. The summed E-state index contributed by atoms with van der Waals surface area (Å²) in [7, 11) is 1.86. The minimum Gasteiger partial charge on any atom is -0.457 e. The molecule has 1 atom stereocenters. The number of piperazine rings is 1. The highest BCUT2D eigenvalue weighted by Crippen LogP contribution is 2.38. The average Bonchev–Trinajstić information content (AvgIpc) is 3.80. The van der Waals surface area contributed by atoms with Gasteiger partial charge in [0, 0.05) is 38.4 Å². The molecule has 4 heterocycles. The predicted molar refractivity (Wildman–Crippen MR) is 161 cm³/mol. The van der Waals surface area contributed by atoms with Crippen molar-refractivity contribution in [1.29, 1.82) is 0 Å². The van der Waals surface area contributed by atoms with Crippen LogP contribution in [0.5, 0.6) is 11.5 Å². The number of nitrogens with zero attached hydrogens (tertiary/aromatic N) is 8. The zero-order chi connectivity index (χ0) is 28.8. The number of carbonyl (C=O) groups excluding carboxylic acids is 1. The van der Waals surface area contributed by atoms with Crippen LogP contribution in [-0.4, -0.2) is 66.4 Å². The molecule has 3 aromatic heterocycles. The number of hydrogen-bond donors (Lipinski definition) is 1. The van der Waals surface area contributed by atoms with E-state index in [4.69, 9.17) is 9.72 Å². The number of rotatable bonds is 7. The van der Waals surface area contributed by atoms with E-state index < -0.39 is 0 Å². The minimum absolute atomic E-state index is 0.0104. The summed E-state index contributed by atoms with van der Waals surface area (Å²) in [5.41, 5.74) is 5.00. The van der Waals surface area contributed by atoms with E-state index >= 15 is 0 Å². The van der Waals surface area contributed by atoms with Gasteiger partial charge in [-0.15, -0.1) is 5.10 Å². The minimum atomic E-state index is 0.0104. The Bertz CT molecular complexity index is 1830. The zero-order valence-corrected chi connectivity index (χ0v) is 23.6. The van der Waals surface area contributed by atoms with Crippen molar-refractivity contribution in [3.63, 3.8) is 0 Å². The first-order chi connectivity index (χ1) is 20.5. The topological polar surface area (TPSA) is 114 Å². The molecule has 1 saturated heterocycles. The maximum absolute atomic E-state index is 12.5. The molecule has 1 amide bonds. The fourth-order valence-electron chi connectivity index (χ4n) is 5.68. The van der Waals surface area contributed by atoms with E-state index in [0.717, 1.165) is 58.8 Å². The van der Waals surface area contributed by atoms with Gasteiger partial charge in [-0.1, -0.05) is 11.8 Å². The second-order valence-electron chi connectivity index (χ2n) is 10.9. The summed E-state index contributed by atoms with van der Waals surface area (Å²) in [6.45, 7) is 7.82. The van der Waals surface area contributed by atoms with Crippen LogP contribution < -0.4 is 15.0 Å². The van der Waals surface area contributed by atoms with Gasteiger partial charge in [-0.2, -0.15) is 0 Å². The molecule has 1 saturated carbocycles. The number of fused-ring (bicyclic) bond motifs is 2. The van der Waals surface area contributed by atoms with Crippen LogP contribution in [0, 0.1) is 12.8 Å². The monoisotopic (exact) mass is 561 g/mol. The SMILES string of the molecule is C=CC(=O)N1CCN(c2ccc3ncnc(Nc4ccc(Oc5ccc6c(c5)nnn6C)c(C)c4)c3n2)C[C@H]1C1CC1. The molecular formula is C31H31N9O2. The summed E-state index contributed by atoms with van der Waals surface area (Å²) in [4.78, 5) is 30.7. The number of aromatic nitrogens is 6. The molecule has 1 N–H and O–H groups in total. The third-order valence-corrected chi connectivity index (χ3v) is 8.08. The van der Waals surface area contributed by atoms with E-state index in [-0.39, 0.29) is 11.9 Å². The summed E-state index contributed by atoms with van der Waals surface area (Å²) in [5.74, 6) is 3.48. The molecule has 11 nitrogen and oxygen atoms in total. The number of ether oxygens (including phenoxy) is 1. The van der Waals surface area contributed by atoms with Crippen molar-refractivity contribution in [2.45, 2.75) is 25.8 Å². The fourth-order valence-corrected chi connectivity index (χ4v) is 5.68. The number of pyridine rings is 1. The molecule has 1 aliphatic heterocycles. The molecule has 5 aromatic rings. The van der Waals surface area contributed by atoms with Gasteiger partial charge in [0.15, 0.2) is 5.82 Å². The Hall–Kier alpha value is -5.06. The molecule has 0 radical (unpaired) electrons. The first-order valence-corrected chi connectivity index (χ1v) is 14.1. The van der Waals surface area contributed by atoms with Gasteiger partial charge in [-0.25, -0.2) is 19.6 Å². The Morgan fingerprint density at radius 2 is 1.95 bits per heavy atom. The van der Waals surface area contributed by atoms with Gasteiger partial charge in [0.2, 0.25) is 5.91 Å². The highest BCUT2D eigenvalue weighted by Gasteiger charge is 2.40. The molecule has 2 aliphatic rings. The van der Waals surface area contributed by atoms with Crippen LogP contribution in [0.15, 0.2) is 67.5 Å². The fraction of sp³-hybridized carbons (Fsp3) is 0.290. The standard InChI is InChI=1S/C31H31N9O2/c1-4-29(41)40-14-13-39(17-26(40)20-5-6-20)28-12-9-23-30(35-28)31(33-18-32-23)34-21-7-11-27(19(2)15-21)42-22-8-10-25-24(16-22)36-37-38(25)3/h4,7-12,15-16,18,20,26H,1,5-6,13-14,17H2,2-3H3,(H,32,33,34)/t26-/m0/s1. The second kappa shape index (κ2) is 10.4. The summed E-state index contributed by atoms with van der Waals surface area (Å²) in [5, 5.41) is 11.7. The number of benzene rings is 2. The van der Waals surface area contributed by atoms with Crippen LogP contribution in [0.1, 0.15) is 18.4 Å². The number of carbonyl (C=O) groups is 1. The van der Waals surface area contributed by atoms with E-state index in [2.05, 4.69) is 37.1 Å². The number of anilines is 3. The highest BCUT2D eigenvalue weighted by atomic mass is 16.5. The third-order valence-electron chi connectivity index (χ3n) is 8.08. The molecule has 42 heavy (non-hydrogen) atoms. The van der Waals surface area contributed by atoms with Gasteiger partial charge in [-0.3, -0.25) is 4.79 Å². The lowest BCUT2D eigenvalue weighted by Gasteiger charge is -2.42. The summed E-state index contributed by atoms with van der Waals surface area (Å²) in [6.07, 6.45) is 5.29. The average molecular weight is 562 g/mol. The van der Waals surface area contributed by atoms with Crippen LogP contribution in [0.4, 0.5) is 17.3 Å². The molecule has 2 aromatic carbocycles. The molecule has 0 spiro atoms. The van der Waals surface area contributed by atoms with Crippen molar-refractivity contribution in [2.24, 2.45) is 13.0 Å². The predicted octanol–water partition coefficient (Wildman–Crippen LogP) is 4.76. The summed E-state index contributed by atoms with van der Waals surface area (Å²) < 4.78 is 7.90. The van der Waals surface area contributed by atoms with E-state index in [1.54, 1.807) is 11.0 Å². The van der Waals surface area contributed by atoms with E-state index in [0.29, 0.717) is 36.1 Å². The van der Waals surface area contributed by atoms with Crippen LogP contribution >= 0.6 is 0 Å². The Labute approximate surface area is 242 Å². The van der Waals surface area contributed by atoms with Crippen LogP contribution in [0.2, 0.25) is 0 Å². The quantitative estimate of drug-likeness (QED) is 0.281. The van der Waals surface area contributed by atoms with Crippen LogP contribution in [-0.2, 0) is 11.8 Å². The van der Waals surface area contributed by atoms with Gasteiger partial charge >= 0.3 is 0 Å². The van der Waals surface area contributed by atoms with Crippen molar-refractivity contribution >= 4 is 45.3 Å². The molecule has 0 bridgehead atoms. The Morgan fingerprint density at radius 3 is 2.76 bits per heavy atom. The van der Waals surface area contributed by atoms with Crippen molar-refractivity contribution in [2.75, 3.05) is 29.9 Å². The van der Waals surface area contributed by atoms with E-state index in [9.17, 15) is 4.79 Å². The van der Waals surface area contributed by atoms with Crippen molar-refractivity contribution in [1.82, 2.24) is 34.8 Å². The third kappa shape index (κ3) is 4.87. The first-order valence-electron chi connectivity index (χ1n) is 14.1. The summed E-state index contributed by atoms with van der Waals surface area (Å²) in [6, 6.07) is 15.8. The normalized spacial score (nSPS) is 17.0. The Morgan fingerprint density at radius 1 is 1.07 bits per heavy atom. The lowest BCUT2D eigenvalue weighted by atomic mass is 10.1. The first kappa shape index (κ1) is 25.9. The summed E-state index contributed by atoms with van der Waals surface area (Å²) >= 11 is 0. The van der Waals surface area contributed by atoms with Crippen molar-refractivity contribution in [3.8, 4) is 11.5 Å². The highest BCUT2D eigenvalue weighted by molar-refractivity contribution is 5.89. The van der Waals surface area contributed by atoms with E-state index in [1.165, 1.54) is 6.08 Å². The molecule has 0 unspecified atom stereocenters. The van der Waals surface area contributed by atoms with Gasteiger partial charge in [0.1, 0.15) is 34.7 Å². The maximum atomic E-state index is 12.5. The van der Waals surface area contributed by atoms with Gasteiger partial charge < -0.3 is 19.9 Å². The lowest BCUT2D eigenvalue weighted by Crippen LogP contribution is -2.56. The van der Waals surface area contributed by atoms with E-state index in [1.807, 2.05) is 67.4 Å². The number of hydrogen-bond acceptors (Lipinski definition) is 9. The molecule has 11 heteroatoms. The van der Waals surface area contributed by atoms with Crippen molar-refractivity contribution in [3.05, 3.63) is 73.1 Å². The smallest absolute Gasteiger partial charge is 0.246 e. The van der Waals surface area contributed by atoms with Crippen LogP contribution in [0.25, 0.3) is 22.1 Å². The van der Waals surface area contributed by atoms with Gasteiger partial charge in [-0.05, 0) is 79.8 Å².